The summed E-state index contributed by atoms with van der Waals surface area (Å²) in [5, 5.41) is 8.77. The molecule has 0 aliphatic rings. The number of hydrogen-bond acceptors (Lipinski definition) is 2. The van der Waals surface area contributed by atoms with E-state index >= 15 is 0 Å². The van der Waals surface area contributed by atoms with Gasteiger partial charge in [-0.3, -0.25) is 0 Å². The van der Waals surface area contributed by atoms with E-state index in [1.165, 1.54) is 5.54 Å². The molecule has 1 aromatic carbocycles. The van der Waals surface area contributed by atoms with Crippen LogP contribution in [0.25, 0.3) is 0 Å². The fourth-order valence-corrected chi connectivity index (χ4v) is 1.87. The molecular weight excluding hydrogens is 202 g/mol. The Morgan fingerprint density at radius 2 is 2.23 bits per heavy atom. The molecule has 0 aromatic heterocycles. The van der Waals surface area contributed by atoms with Gasteiger partial charge in [0.1, 0.15) is 6.07 Å². The summed E-state index contributed by atoms with van der Waals surface area (Å²) in [4.78, 5) is 1.000. The highest BCUT2D eigenvalue weighted by Crippen LogP contribution is 2.21. The van der Waals surface area contributed by atoms with Crippen molar-refractivity contribution in [1.29, 1.82) is 5.26 Å². The molecule has 1 rings (SSSR count). The molecule has 13 heavy (non-hydrogen) atoms. The zero-order chi connectivity index (χ0) is 9.52. The average molecular weight is 210 g/mol. The number of nitriles is 1. The van der Waals surface area contributed by atoms with Crippen molar-refractivity contribution in [3.8, 4) is 6.07 Å². The van der Waals surface area contributed by atoms with Crippen molar-refractivity contribution in [3.63, 3.8) is 0 Å². The van der Waals surface area contributed by atoms with Crippen LogP contribution in [0.4, 0.5) is 0 Å². The van der Waals surface area contributed by atoms with E-state index in [1.807, 2.05) is 30.3 Å². The summed E-state index contributed by atoms with van der Waals surface area (Å²) in [6, 6.07) is 9.68. The lowest BCUT2D eigenvalue weighted by Crippen LogP contribution is -1.80. The van der Waals surface area contributed by atoms with Gasteiger partial charge >= 0.3 is 0 Å². The smallest absolute Gasteiger partial charge is 0.100 e. The SMILES string of the molecule is N#Cc1ccccc1SC/C=C/Cl. The van der Waals surface area contributed by atoms with E-state index < -0.39 is 0 Å². The number of benzene rings is 1. The Kier molecular flexibility index (Phi) is 4.45. The van der Waals surface area contributed by atoms with Crippen molar-refractivity contribution in [2.24, 2.45) is 0 Å². The first-order valence-electron chi connectivity index (χ1n) is 3.75. The quantitative estimate of drug-likeness (QED) is 0.713. The molecule has 0 saturated heterocycles. The topological polar surface area (TPSA) is 23.8 Å². The molecule has 0 bridgehead atoms. The summed E-state index contributed by atoms with van der Waals surface area (Å²) in [5.74, 6) is 0.794. The van der Waals surface area contributed by atoms with Gasteiger partial charge in [-0.15, -0.1) is 11.8 Å². The zero-order valence-electron chi connectivity index (χ0n) is 6.90. The van der Waals surface area contributed by atoms with E-state index in [9.17, 15) is 0 Å². The first-order chi connectivity index (χ1) is 6.38. The molecular formula is C10H8ClNS. The van der Waals surface area contributed by atoms with Gasteiger partial charge in [0.05, 0.1) is 5.56 Å². The Bertz CT molecular complexity index is 341. The second-order valence-corrected chi connectivity index (χ2v) is 3.59. The third kappa shape index (κ3) is 3.14. The molecule has 0 N–H and O–H groups in total. The molecule has 0 aliphatic heterocycles. The standard InChI is InChI=1S/C10H8ClNS/c11-6-3-7-13-10-5-2-1-4-9(10)8-12/h1-6H,7H2/b6-3+. The van der Waals surface area contributed by atoms with Crippen LogP contribution in [0.2, 0.25) is 0 Å². The molecule has 0 saturated carbocycles. The molecule has 0 aliphatic carbocycles. The largest absolute Gasteiger partial charge is 0.192 e. The maximum atomic E-state index is 8.77. The Morgan fingerprint density at radius 3 is 2.92 bits per heavy atom. The van der Waals surface area contributed by atoms with Crippen molar-refractivity contribution < 1.29 is 0 Å². The Labute approximate surface area is 87.0 Å². The van der Waals surface area contributed by atoms with Gasteiger partial charge < -0.3 is 0 Å². The van der Waals surface area contributed by atoms with E-state index in [1.54, 1.807) is 11.8 Å². The highest BCUT2D eigenvalue weighted by molar-refractivity contribution is 7.99. The lowest BCUT2D eigenvalue weighted by atomic mass is 10.2. The van der Waals surface area contributed by atoms with Crippen molar-refractivity contribution in [1.82, 2.24) is 0 Å². The third-order valence-electron chi connectivity index (χ3n) is 1.43. The second-order valence-electron chi connectivity index (χ2n) is 2.28. The van der Waals surface area contributed by atoms with Gasteiger partial charge in [0.25, 0.3) is 0 Å². The van der Waals surface area contributed by atoms with Crippen LogP contribution in [0.15, 0.2) is 40.8 Å². The molecule has 0 spiro atoms. The molecule has 0 heterocycles. The maximum absolute atomic E-state index is 8.77. The van der Waals surface area contributed by atoms with Crippen LogP contribution in [0.1, 0.15) is 5.56 Å². The third-order valence-corrected chi connectivity index (χ3v) is 2.64. The van der Waals surface area contributed by atoms with Crippen LogP contribution >= 0.6 is 23.4 Å². The van der Waals surface area contributed by atoms with Crippen molar-refractivity contribution in [3.05, 3.63) is 41.4 Å². The van der Waals surface area contributed by atoms with E-state index in [2.05, 4.69) is 6.07 Å². The van der Waals surface area contributed by atoms with Gasteiger partial charge in [0.15, 0.2) is 0 Å². The van der Waals surface area contributed by atoms with E-state index in [0.717, 1.165) is 16.2 Å². The van der Waals surface area contributed by atoms with Crippen molar-refractivity contribution in [2.75, 3.05) is 5.75 Å². The lowest BCUT2D eigenvalue weighted by molar-refractivity contribution is 1.37. The van der Waals surface area contributed by atoms with Crippen LogP contribution < -0.4 is 0 Å². The van der Waals surface area contributed by atoms with E-state index in [-0.39, 0.29) is 0 Å². The minimum atomic E-state index is 0.718. The Hall–Kier alpha value is -0.910. The van der Waals surface area contributed by atoms with Gasteiger partial charge in [-0.05, 0) is 12.1 Å². The van der Waals surface area contributed by atoms with Crippen LogP contribution in [-0.4, -0.2) is 5.75 Å². The van der Waals surface area contributed by atoms with Crippen molar-refractivity contribution >= 4 is 23.4 Å². The fourth-order valence-electron chi connectivity index (χ4n) is 0.859. The molecule has 0 amide bonds. The Morgan fingerprint density at radius 1 is 1.46 bits per heavy atom. The van der Waals surface area contributed by atoms with Gasteiger partial charge in [-0.25, -0.2) is 0 Å². The highest BCUT2D eigenvalue weighted by Gasteiger charge is 1.98. The minimum Gasteiger partial charge on any atom is -0.192 e. The second kappa shape index (κ2) is 5.69. The Balaban J connectivity index is 2.71. The first-order valence-corrected chi connectivity index (χ1v) is 5.18. The number of nitrogens with zero attached hydrogens (tertiary/aromatic N) is 1. The monoisotopic (exact) mass is 209 g/mol. The normalized spacial score (nSPS) is 10.2. The minimum absolute atomic E-state index is 0.718. The average Bonchev–Trinajstić information content (AvgIpc) is 2.19. The van der Waals surface area contributed by atoms with Crippen molar-refractivity contribution in [2.45, 2.75) is 4.90 Å². The molecule has 1 nitrogen and oxygen atoms in total. The summed E-state index contributed by atoms with van der Waals surface area (Å²) >= 11 is 6.98. The van der Waals surface area contributed by atoms with Crippen LogP contribution in [-0.2, 0) is 0 Å². The maximum Gasteiger partial charge on any atom is 0.100 e. The molecule has 0 fully saturated rings. The molecule has 1 aromatic rings. The summed E-state index contributed by atoms with van der Waals surface area (Å²) in [6.45, 7) is 0. The molecule has 66 valence electrons. The number of rotatable bonds is 3. The van der Waals surface area contributed by atoms with Crippen LogP contribution in [0, 0.1) is 11.3 Å². The van der Waals surface area contributed by atoms with Gasteiger partial charge in [0.2, 0.25) is 0 Å². The predicted molar refractivity (Wildman–Crippen MR) is 56.9 cm³/mol. The van der Waals surface area contributed by atoms with Gasteiger partial charge in [-0.1, -0.05) is 29.8 Å². The first kappa shape index (κ1) is 10.2. The zero-order valence-corrected chi connectivity index (χ0v) is 8.48. The summed E-state index contributed by atoms with van der Waals surface area (Å²) in [7, 11) is 0. The number of hydrogen-bond donors (Lipinski definition) is 0. The van der Waals surface area contributed by atoms with Gasteiger partial charge in [-0.2, -0.15) is 5.26 Å². The van der Waals surface area contributed by atoms with Crippen LogP contribution in [0.5, 0.6) is 0 Å². The van der Waals surface area contributed by atoms with Gasteiger partial charge in [0, 0.05) is 16.2 Å². The highest BCUT2D eigenvalue weighted by atomic mass is 35.5. The number of thioether (sulfide) groups is 1. The van der Waals surface area contributed by atoms with E-state index in [4.69, 9.17) is 16.9 Å². The fraction of sp³-hybridized carbons (Fsp3) is 0.100. The number of halogens is 1. The molecule has 3 heteroatoms. The summed E-state index contributed by atoms with van der Waals surface area (Å²) in [6.07, 6.45) is 1.85. The van der Waals surface area contributed by atoms with Crippen LogP contribution in [0.3, 0.4) is 0 Å². The summed E-state index contributed by atoms with van der Waals surface area (Å²) < 4.78 is 0. The molecule has 0 unspecified atom stereocenters. The summed E-state index contributed by atoms with van der Waals surface area (Å²) in [5.41, 5.74) is 2.21. The predicted octanol–water partition coefficient (Wildman–Crippen LogP) is 3.40. The molecule has 0 radical (unpaired) electrons. The lowest BCUT2D eigenvalue weighted by Gasteiger charge is -1.99. The molecule has 0 atom stereocenters. The van der Waals surface area contributed by atoms with E-state index in [0.29, 0.717) is 0 Å².